The number of unbranched alkanes of at least 4 members (excludes halogenated alkanes) is 1. The minimum absolute atomic E-state index is 0.307. The lowest BCUT2D eigenvalue weighted by Crippen LogP contribution is -2.54. The number of esters is 1. The van der Waals surface area contributed by atoms with Crippen molar-refractivity contribution in [2.24, 2.45) is 5.73 Å². The van der Waals surface area contributed by atoms with Crippen molar-refractivity contribution in [2.45, 2.75) is 57.0 Å². The Morgan fingerprint density at radius 1 is 1.29 bits per heavy atom. The third kappa shape index (κ3) is 4.66. The van der Waals surface area contributed by atoms with Gasteiger partial charge in [-0.2, -0.15) is 0 Å². The van der Waals surface area contributed by atoms with E-state index >= 15 is 0 Å². The van der Waals surface area contributed by atoms with Gasteiger partial charge in [-0.15, -0.1) is 0 Å². The van der Waals surface area contributed by atoms with Crippen LogP contribution >= 0.6 is 0 Å². The zero-order valence-electron chi connectivity index (χ0n) is 13.6. The number of ether oxygens (including phenoxy) is 1. The maximum Gasteiger partial charge on any atom is 0.325 e. The lowest BCUT2D eigenvalue weighted by Gasteiger charge is -2.44. The Morgan fingerprint density at radius 2 is 2.10 bits per heavy atom. The lowest BCUT2D eigenvalue weighted by atomic mass is 9.96. The lowest BCUT2D eigenvalue weighted by molar-refractivity contribution is -0.146. The monoisotopic (exact) mass is 297 g/mol. The van der Waals surface area contributed by atoms with Crippen LogP contribution in [0.25, 0.3) is 0 Å². The van der Waals surface area contributed by atoms with Crippen LogP contribution in [0.4, 0.5) is 0 Å². The van der Waals surface area contributed by atoms with Gasteiger partial charge in [0, 0.05) is 25.7 Å². The summed E-state index contributed by atoms with van der Waals surface area (Å²) in [6.45, 7) is 7.82. The molecular weight excluding hydrogens is 266 g/mol. The van der Waals surface area contributed by atoms with Crippen molar-refractivity contribution in [1.82, 2.24) is 9.80 Å². The van der Waals surface area contributed by atoms with Crippen LogP contribution in [0.15, 0.2) is 0 Å². The summed E-state index contributed by atoms with van der Waals surface area (Å²) in [4.78, 5) is 16.8. The molecule has 122 valence electrons. The van der Waals surface area contributed by atoms with Crippen LogP contribution in [0.5, 0.6) is 0 Å². The molecule has 21 heavy (non-hydrogen) atoms. The molecule has 2 heterocycles. The Hall–Kier alpha value is -0.650. The molecule has 2 N–H and O–H groups in total. The quantitative estimate of drug-likeness (QED) is 0.590. The second-order valence-corrected chi connectivity index (χ2v) is 6.85. The first-order valence-electron chi connectivity index (χ1n) is 8.36. The molecule has 2 unspecified atom stereocenters. The predicted octanol–water partition coefficient (Wildman–Crippen LogP) is 1.22. The smallest absolute Gasteiger partial charge is 0.325 e. The molecule has 0 radical (unpaired) electrons. The number of fused-ring (bicyclic) bond motifs is 1. The first-order chi connectivity index (χ1) is 10.0. The molecule has 0 bridgehead atoms. The highest BCUT2D eigenvalue weighted by Crippen LogP contribution is 2.21. The molecule has 0 aliphatic carbocycles. The summed E-state index contributed by atoms with van der Waals surface area (Å²) < 4.78 is 4.74. The van der Waals surface area contributed by atoms with Gasteiger partial charge < -0.3 is 15.4 Å². The van der Waals surface area contributed by atoms with Crippen LogP contribution in [-0.2, 0) is 9.53 Å². The number of carbonyl (C=O) groups excluding carboxylic acids is 1. The molecule has 5 nitrogen and oxygen atoms in total. The molecule has 0 saturated carbocycles. The van der Waals surface area contributed by atoms with Crippen LogP contribution in [0.2, 0.25) is 0 Å². The minimum atomic E-state index is -0.836. The molecule has 0 aromatic heterocycles. The van der Waals surface area contributed by atoms with Gasteiger partial charge in [0.15, 0.2) is 0 Å². The molecule has 2 saturated heterocycles. The van der Waals surface area contributed by atoms with E-state index in [1.54, 1.807) is 6.92 Å². The molecule has 0 aromatic rings. The second kappa shape index (κ2) is 7.56. The van der Waals surface area contributed by atoms with Crippen LogP contribution in [0.1, 0.15) is 45.4 Å². The predicted molar refractivity (Wildman–Crippen MR) is 84.1 cm³/mol. The molecule has 5 heteroatoms. The number of methoxy groups -OCH3 is 1. The van der Waals surface area contributed by atoms with Gasteiger partial charge in [0.25, 0.3) is 0 Å². The first kappa shape index (κ1) is 16.7. The van der Waals surface area contributed by atoms with Crippen molar-refractivity contribution < 1.29 is 9.53 Å². The summed E-state index contributed by atoms with van der Waals surface area (Å²) >= 11 is 0. The molecule has 2 aliphatic heterocycles. The summed E-state index contributed by atoms with van der Waals surface area (Å²) in [5.41, 5.74) is 5.15. The highest BCUT2D eigenvalue weighted by Gasteiger charge is 2.30. The van der Waals surface area contributed by atoms with Crippen LogP contribution in [0.3, 0.4) is 0 Å². The number of hydrogen-bond acceptors (Lipinski definition) is 5. The van der Waals surface area contributed by atoms with Crippen molar-refractivity contribution in [3.63, 3.8) is 0 Å². The van der Waals surface area contributed by atoms with Gasteiger partial charge in [-0.1, -0.05) is 6.42 Å². The number of hydrogen-bond donors (Lipinski definition) is 1. The number of piperazine rings is 1. The molecule has 2 atom stereocenters. The molecule has 0 spiro atoms. The molecule has 0 aromatic carbocycles. The summed E-state index contributed by atoms with van der Waals surface area (Å²) in [6.07, 6.45) is 6.91. The molecular formula is C16H31N3O2. The van der Waals surface area contributed by atoms with Gasteiger partial charge in [0.05, 0.1) is 7.11 Å². The molecule has 2 aliphatic rings. The highest BCUT2D eigenvalue weighted by atomic mass is 16.5. The van der Waals surface area contributed by atoms with Crippen molar-refractivity contribution >= 4 is 5.97 Å². The normalized spacial score (nSPS) is 26.9. The molecule has 0 amide bonds. The Kier molecular flexibility index (Phi) is 6.02. The van der Waals surface area contributed by atoms with E-state index in [1.807, 2.05) is 0 Å². The van der Waals surface area contributed by atoms with Gasteiger partial charge in [0.2, 0.25) is 0 Å². The SMILES string of the molecule is COC(=O)C(C)(N)CCCCN1CCN2CCCCC2C1. The fraction of sp³-hybridized carbons (Fsp3) is 0.938. The third-order valence-corrected chi connectivity index (χ3v) is 4.99. The van der Waals surface area contributed by atoms with E-state index in [4.69, 9.17) is 10.5 Å². The average Bonchev–Trinajstić information content (AvgIpc) is 2.50. The van der Waals surface area contributed by atoms with E-state index in [2.05, 4.69) is 9.80 Å². The van der Waals surface area contributed by atoms with Gasteiger partial charge in [0.1, 0.15) is 5.54 Å². The summed E-state index contributed by atoms with van der Waals surface area (Å²) in [7, 11) is 1.40. The van der Waals surface area contributed by atoms with E-state index in [0.717, 1.165) is 25.4 Å². The summed E-state index contributed by atoms with van der Waals surface area (Å²) in [5, 5.41) is 0. The van der Waals surface area contributed by atoms with Crippen molar-refractivity contribution in [1.29, 1.82) is 0 Å². The number of rotatable bonds is 6. The van der Waals surface area contributed by atoms with E-state index in [0.29, 0.717) is 6.42 Å². The van der Waals surface area contributed by atoms with Gasteiger partial charge in [-0.25, -0.2) is 0 Å². The van der Waals surface area contributed by atoms with Crippen molar-refractivity contribution in [3.05, 3.63) is 0 Å². The number of nitrogens with two attached hydrogens (primary N) is 1. The minimum Gasteiger partial charge on any atom is -0.468 e. The van der Waals surface area contributed by atoms with Gasteiger partial charge >= 0.3 is 5.97 Å². The van der Waals surface area contributed by atoms with E-state index in [1.165, 1.54) is 52.6 Å². The zero-order chi connectivity index (χ0) is 15.3. The Bertz CT molecular complexity index is 346. The van der Waals surface area contributed by atoms with Crippen molar-refractivity contribution in [2.75, 3.05) is 39.8 Å². The van der Waals surface area contributed by atoms with Gasteiger partial charge in [-0.3, -0.25) is 9.69 Å². The summed E-state index contributed by atoms with van der Waals surface area (Å²) in [5.74, 6) is -0.307. The largest absolute Gasteiger partial charge is 0.468 e. The van der Waals surface area contributed by atoms with Crippen LogP contribution in [0, 0.1) is 0 Å². The first-order valence-corrected chi connectivity index (χ1v) is 8.36. The van der Waals surface area contributed by atoms with E-state index in [9.17, 15) is 4.79 Å². The fourth-order valence-electron chi connectivity index (χ4n) is 3.59. The topological polar surface area (TPSA) is 58.8 Å². The average molecular weight is 297 g/mol. The second-order valence-electron chi connectivity index (χ2n) is 6.85. The van der Waals surface area contributed by atoms with E-state index < -0.39 is 5.54 Å². The van der Waals surface area contributed by atoms with Crippen molar-refractivity contribution in [3.8, 4) is 0 Å². The van der Waals surface area contributed by atoms with Crippen LogP contribution in [-0.4, -0.2) is 67.2 Å². The number of nitrogens with zero attached hydrogens (tertiary/aromatic N) is 2. The maximum atomic E-state index is 11.5. The van der Waals surface area contributed by atoms with Crippen LogP contribution < -0.4 is 5.73 Å². The third-order valence-electron chi connectivity index (χ3n) is 4.99. The summed E-state index contributed by atoms with van der Waals surface area (Å²) in [6, 6.07) is 0.780. The fourth-order valence-corrected chi connectivity index (χ4v) is 3.59. The standard InChI is InChI=1S/C16H31N3O2/c1-16(17,15(20)21-2)8-4-6-9-18-11-12-19-10-5-3-7-14(19)13-18/h14H,3-13,17H2,1-2H3. The maximum absolute atomic E-state index is 11.5. The molecule has 2 fully saturated rings. The van der Waals surface area contributed by atoms with E-state index in [-0.39, 0.29) is 5.97 Å². The Balaban J connectivity index is 1.64. The Labute approximate surface area is 128 Å². The Morgan fingerprint density at radius 3 is 2.86 bits per heavy atom. The number of carbonyl (C=O) groups is 1. The highest BCUT2D eigenvalue weighted by molar-refractivity contribution is 5.79. The molecule has 2 rings (SSSR count). The van der Waals surface area contributed by atoms with Gasteiger partial charge in [-0.05, 0) is 52.1 Å². The zero-order valence-corrected chi connectivity index (χ0v) is 13.6. The number of piperidine rings is 1.